The van der Waals surface area contributed by atoms with Gasteiger partial charge in [0.2, 0.25) is 5.91 Å². The van der Waals surface area contributed by atoms with Crippen LogP contribution in [0.5, 0.6) is 5.75 Å². The average molecular weight is 394 g/mol. The average Bonchev–Trinajstić information content (AvgIpc) is 2.70. The van der Waals surface area contributed by atoms with Gasteiger partial charge in [-0.2, -0.15) is 0 Å². The predicted molar refractivity (Wildman–Crippen MR) is 109 cm³/mol. The van der Waals surface area contributed by atoms with Crippen LogP contribution in [0.15, 0.2) is 24.3 Å². The van der Waals surface area contributed by atoms with Gasteiger partial charge in [0.1, 0.15) is 12.4 Å². The van der Waals surface area contributed by atoms with Crippen molar-refractivity contribution in [2.75, 3.05) is 52.4 Å². The van der Waals surface area contributed by atoms with Gasteiger partial charge in [-0.3, -0.25) is 9.69 Å². The number of piperidine rings is 1. The number of nitrogens with one attached hydrogen (secondary N) is 1. The van der Waals surface area contributed by atoms with E-state index < -0.39 is 0 Å². The Bertz CT molecular complexity index is 582. The number of hydrogen-bond donors (Lipinski definition) is 1. The Morgan fingerprint density at radius 3 is 2.52 bits per heavy atom. The number of halogens is 1. The quantitative estimate of drug-likeness (QED) is 0.773. The summed E-state index contributed by atoms with van der Waals surface area (Å²) in [4.78, 5) is 17.1. The summed E-state index contributed by atoms with van der Waals surface area (Å²) in [5, 5.41) is 4.12. The second kappa shape index (κ2) is 10.3. The van der Waals surface area contributed by atoms with Crippen LogP contribution in [-0.2, 0) is 4.79 Å². The molecule has 2 aliphatic rings. The normalized spacial score (nSPS) is 20.4. The maximum atomic E-state index is 12.6. The molecule has 0 aromatic heterocycles. The summed E-state index contributed by atoms with van der Waals surface area (Å²) in [5.74, 6) is 2.37. The molecule has 0 aliphatic carbocycles. The molecule has 2 saturated heterocycles. The van der Waals surface area contributed by atoms with Crippen LogP contribution in [0.3, 0.4) is 0 Å². The van der Waals surface area contributed by atoms with Crippen molar-refractivity contribution in [3.05, 3.63) is 29.3 Å². The highest BCUT2D eigenvalue weighted by Gasteiger charge is 2.26. The van der Waals surface area contributed by atoms with E-state index in [1.807, 2.05) is 29.2 Å². The molecule has 0 bridgehead atoms. The maximum Gasteiger partial charge on any atom is 0.222 e. The van der Waals surface area contributed by atoms with Crippen molar-refractivity contribution < 1.29 is 9.53 Å². The summed E-state index contributed by atoms with van der Waals surface area (Å²) in [5.41, 5.74) is 0. The van der Waals surface area contributed by atoms with E-state index in [4.69, 9.17) is 16.3 Å². The van der Waals surface area contributed by atoms with Crippen molar-refractivity contribution in [2.45, 2.75) is 26.2 Å². The fraction of sp³-hybridized carbons (Fsp3) is 0.667. The van der Waals surface area contributed by atoms with E-state index in [0.29, 0.717) is 30.8 Å². The standard InChI is InChI=1S/C21H32ClN3O2/c1-17(18-6-8-23-9-7-18)16-21(26)25-12-10-24(11-13-25)14-15-27-20-4-2-19(22)3-5-20/h2-5,17-18,23H,6-16H2,1H3. The molecule has 2 heterocycles. The molecule has 2 fully saturated rings. The third kappa shape index (κ3) is 6.37. The van der Waals surface area contributed by atoms with Crippen molar-refractivity contribution in [2.24, 2.45) is 11.8 Å². The molecular weight excluding hydrogens is 362 g/mol. The van der Waals surface area contributed by atoms with E-state index >= 15 is 0 Å². The first-order valence-corrected chi connectivity index (χ1v) is 10.6. The van der Waals surface area contributed by atoms with Crippen LogP contribution in [0, 0.1) is 11.8 Å². The van der Waals surface area contributed by atoms with Crippen molar-refractivity contribution in [3.63, 3.8) is 0 Å². The summed E-state index contributed by atoms with van der Waals surface area (Å²) in [6.07, 6.45) is 3.11. The number of rotatable bonds is 7. The number of amides is 1. The lowest BCUT2D eigenvalue weighted by molar-refractivity contribution is -0.134. The van der Waals surface area contributed by atoms with Gasteiger partial charge in [-0.05, 0) is 62.0 Å². The summed E-state index contributed by atoms with van der Waals surface area (Å²) in [6.45, 7) is 9.50. The van der Waals surface area contributed by atoms with Gasteiger partial charge >= 0.3 is 0 Å². The number of carbonyl (C=O) groups excluding carboxylic acids is 1. The minimum atomic E-state index is 0.332. The zero-order valence-corrected chi connectivity index (χ0v) is 17.1. The maximum absolute atomic E-state index is 12.6. The van der Waals surface area contributed by atoms with Crippen LogP contribution in [-0.4, -0.2) is 68.1 Å². The van der Waals surface area contributed by atoms with E-state index in [1.54, 1.807) is 0 Å². The lowest BCUT2D eigenvalue weighted by Crippen LogP contribution is -2.50. The van der Waals surface area contributed by atoms with Gasteiger partial charge in [-0.1, -0.05) is 18.5 Å². The first kappa shape index (κ1) is 20.4. The molecule has 0 saturated carbocycles. The lowest BCUT2D eigenvalue weighted by Gasteiger charge is -2.36. The molecular formula is C21H32ClN3O2. The Balaban J connectivity index is 1.33. The van der Waals surface area contributed by atoms with Gasteiger partial charge in [-0.25, -0.2) is 0 Å². The van der Waals surface area contributed by atoms with Crippen LogP contribution in [0.2, 0.25) is 5.02 Å². The molecule has 150 valence electrons. The number of ether oxygens (including phenoxy) is 1. The molecule has 2 aliphatic heterocycles. The first-order chi connectivity index (χ1) is 13.1. The predicted octanol–water partition coefficient (Wildman–Crippen LogP) is 2.89. The molecule has 1 atom stereocenters. The lowest BCUT2D eigenvalue weighted by atomic mass is 9.84. The van der Waals surface area contributed by atoms with Crippen molar-refractivity contribution in [3.8, 4) is 5.75 Å². The second-order valence-corrected chi connectivity index (χ2v) is 8.23. The second-order valence-electron chi connectivity index (χ2n) is 7.79. The smallest absolute Gasteiger partial charge is 0.222 e. The zero-order valence-electron chi connectivity index (χ0n) is 16.3. The molecule has 0 radical (unpaired) electrons. The number of hydrogen-bond acceptors (Lipinski definition) is 4. The zero-order chi connectivity index (χ0) is 19.1. The molecule has 27 heavy (non-hydrogen) atoms. The fourth-order valence-corrected chi connectivity index (χ4v) is 4.15. The third-order valence-corrected chi connectivity index (χ3v) is 6.15. The topological polar surface area (TPSA) is 44.8 Å². The van der Waals surface area contributed by atoms with E-state index in [-0.39, 0.29) is 0 Å². The van der Waals surface area contributed by atoms with Gasteiger partial charge in [-0.15, -0.1) is 0 Å². The highest BCUT2D eigenvalue weighted by molar-refractivity contribution is 6.30. The summed E-state index contributed by atoms with van der Waals surface area (Å²) in [7, 11) is 0. The summed E-state index contributed by atoms with van der Waals surface area (Å²) >= 11 is 5.88. The molecule has 3 rings (SSSR count). The van der Waals surface area contributed by atoms with Gasteiger partial charge in [0.25, 0.3) is 0 Å². The van der Waals surface area contributed by atoms with Crippen LogP contribution in [0.1, 0.15) is 26.2 Å². The number of piperazine rings is 1. The molecule has 1 unspecified atom stereocenters. The van der Waals surface area contributed by atoms with Crippen molar-refractivity contribution in [1.82, 2.24) is 15.1 Å². The number of nitrogens with zero attached hydrogens (tertiary/aromatic N) is 2. The highest BCUT2D eigenvalue weighted by atomic mass is 35.5. The Hall–Kier alpha value is -1.30. The van der Waals surface area contributed by atoms with Crippen LogP contribution in [0.25, 0.3) is 0 Å². The van der Waals surface area contributed by atoms with Crippen molar-refractivity contribution >= 4 is 17.5 Å². The van der Waals surface area contributed by atoms with Gasteiger partial charge < -0.3 is 15.0 Å². The largest absolute Gasteiger partial charge is 0.492 e. The van der Waals surface area contributed by atoms with Crippen LogP contribution < -0.4 is 10.1 Å². The number of benzene rings is 1. The van der Waals surface area contributed by atoms with Crippen LogP contribution >= 0.6 is 11.6 Å². The minimum Gasteiger partial charge on any atom is -0.492 e. The number of carbonyl (C=O) groups is 1. The Morgan fingerprint density at radius 1 is 1.19 bits per heavy atom. The highest BCUT2D eigenvalue weighted by Crippen LogP contribution is 2.25. The molecule has 1 aromatic rings. The molecule has 1 N–H and O–H groups in total. The van der Waals surface area contributed by atoms with E-state index in [0.717, 1.165) is 56.6 Å². The first-order valence-electron chi connectivity index (χ1n) is 10.2. The Kier molecular flexibility index (Phi) is 7.80. The summed E-state index contributed by atoms with van der Waals surface area (Å²) in [6, 6.07) is 7.46. The monoisotopic (exact) mass is 393 g/mol. The molecule has 5 nitrogen and oxygen atoms in total. The minimum absolute atomic E-state index is 0.332. The van der Waals surface area contributed by atoms with Gasteiger partial charge in [0, 0.05) is 44.2 Å². The van der Waals surface area contributed by atoms with Crippen molar-refractivity contribution in [1.29, 1.82) is 0 Å². The molecule has 6 heteroatoms. The van der Waals surface area contributed by atoms with Gasteiger partial charge in [0.15, 0.2) is 0 Å². The molecule has 0 spiro atoms. The van der Waals surface area contributed by atoms with E-state index in [2.05, 4.69) is 17.1 Å². The van der Waals surface area contributed by atoms with Crippen LogP contribution in [0.4, 0.5) is 0 Å². The molecule has 1 amide bonds. The third-order valence-electron chi connectivity index (χ3n) is 5.90. The van der Waals surface area contributed by atoms with E-state index in [9.17, 15) is 4.79 Å². The SMILES string of the molecule is CC(CC(=O)N1CCN(CCOc2ccc(Cl)cc2)CC1)C1CCNCC1. The van der Waals surface area contributed by atoms with E-state index in [1.165, 1.54) is 12.8 Å². The Morgan fingerprint density at radius 2 is 1.85 bits per heavy atom. The molecule has 1 aromatic carbocycles. The summed E-state index contributed by atoms with van der Waals surface area (Å²) < 4.78 is 5.77. The Labute approximate surface area is 168 Å². The van der Waals surface area contributed by atoms with Gasteiger partial charge in [0.05, 0.1) is 0 Å². The fourth-order valence-electron chi connectivity index (χ4n) is 4.03.